The summed E-state index contributed by atoms with van der Waals surface area (Å²) in [6.07, 6.45) is 0. The minimum absolute atomic E-state index is 0.297. The van der Waals surface area contributed by atoms with Crippen LogP contribution in [0.2, 0.25) is 0 Å². The van der Waals surface area contributed by atoms with Crippen LogP contribution in [0.5, 0.6) is 0 Å². The van der Waals surface area contributed by atoms with E-state index in [4.69, 9.17) is 0 Å². The Kier molecular flexibility index (Phi) is 5.68. The fraction of sp³-hybridized carbons (Fsp3) is 0.0625. The van der Waals surface area contributed by atoms with Gasteiger partial charge in [-0.25, -0.2) is 0 Å². The first-order valence-electron chi connectivity index (χ1n) is 11.2. The van der Waals surface area contributed by atoms with E-state index in [0.717, 1.165) is 0 Å². The standard InChI is InChI=1S/C32H26/c1-24(25-17-19-29(20-18-25)26-11-5-2-6-12-26)30-21-31(27-13-7-3-8-14-27)23-32(22-30)28-15-9-4-10-16-28/h2-24H,1H3. The normalized spacial score (nSPS) is 11.8. The molecular weight excluding hydrogens is 384 g/mol. The molecule has 0 fully saturated rings. The Morgan fingerprint density at radius 3 is 1.16 bits per heavy atom. The fourth-order valence-electron chi connectivity index (χ4n) is 4.28. The van der Waals surface area contributed by atoms with Gasteiger partial charge in [0.15, 0.2) is 0 Å². The second-order valence-corrected chi connectivity index (χ2v) is 8.29. The van der Waals surface area contributed by atoms with Gasteiger partial charge < -0.3 is 0 Å². The number of benzene rings is 5. The Balaban J connectivity index is 1.54. The molecule has 0 saturated heterocycles. The summed E-state index contributed by atoms with van der Waals surface area (Å²) < 4.78 is 0. The Bertz CT molecular complexity index is 1230. The molecule has 0 amide bonds. The van der Waals surface area contributed by atoms with Crippen molar-refractivity contribution in [2.24, 2.45) is 0 Å². The Morgan fingerprint density at radius 2 is 0.719 bits per heavy atom. The van der Waals surface area contributed by atoms with E-state index in [1.165, 1.54) is 44.5 Å². The van der Waals surface area contributed by atoms with Gasteiger partial charge in [0.25, 0.3) is 0 Å². The van der Waals surface area contributed by atoms with Crippen molar-refractivity contribution in [3.05, 3.63) is 145 Å². The predicted octanol–water partition coefficient (Wildman–Crippen LogP) is 8.84. The third kappa shape index (κ3) is 4.26. The smallest absolute Gasteiger partial charge is 0.00614 e. The molecule has 32 heavy (non-hydrogen) atoms. The van der Waals surface area contributed by atoms with Crippen molar-refractivity contribution in [1.82, 2.24) is 0 Å². The number of rotatable bonds is 5. The summed E-state index contributed by atoms with van der Waals surface area (Å²) in [5.41, 5.74) is 10.2. The monoisotopic (exact) mass is 410 g/mol. The molecule has 0 N–H and O–H groups in total. The zero-order valence-corrected chi connectivity index (χ0v) is 18.3. The first-order valence-corrected chi connectivity index (χ1v) is 11.2. The van der Waals surface area contributed by atoms with E-state index in [9.17, 15) is 0 Å². The van der Waals surface area contributed by atoms with Crippen molar-refractivity contribution in [2.75, 3.05) is 0 Å². The molecule has 0 aliphatic rings. The maximum Gasteiger partial charge on any atom is 0.00614 e. The topological polar surface area (TPSA) is 0 Å². The van der Waals surface area contributed by atoms with Crippen molar-refractivity contribution in [3.63, 3.8) is 0 Å². The molecule has 0 radical (unpaired) electrons. The molecule has 154 valence electrons. The lowest BCUT2D eigenvalue weighted by Crippen LogP contribution is -1.98. The maximum absolute atomic E-state index is 2.34. The van der Waals surface area contributed by atoms with E-state index in [-0.39, 0.29) is 0 Å². The van der Waals surface area contributed by atoms with Crippen LogP contribution in [0, 0.1) is 0 Å². The summed E-state index contributed by atoms with van der Waals surface area (Å²) in [6, 6.07) is 47.9. The van der Waals surface area contributed by atoms with Crippen LogP contribution in [-0.4, -0.2) is 0 Å². The summed E-state index contributed by atoms with van der Waals surface area (Å²) in [6.45, 7) is 2.30. The van der Waals surface area contributed by atoms with Crippen molar-refractivity contribution < 1.29 is 0 Å². The molecule has 0 aromatic heterocycles. The molecule has 5 rings (SSSR count). The lowest BCUT2D eigenvalue weighted by atomic mass is 9.87. The van der Waals surface area contributed by atoms with E-state index in [1.807, 2.05) is 0 Å². The number of hydrogen-bond donors (Lipinski definition) is 0. The summed E-state index contributed by atoms with van der Waals surface area (Å²) in [5.74, 6) is 0.297. The van der Waals surface area contributed by atoms with Gasteiger partial charge in [-0.15, -0.1) is 0 Å². The molecule has 0 heteroatoms. The van der Waals surface area contributed by atoms with Gasteiger partial charge in [0, 0.05) is 5.92 Å². The second kappa shape index (κ2) is 9.08. The van der Waals surface area contributed by atoms with Crippen LogP contribution in [0.15, 0.2) is 133 Å². The van der Waals surface area contributed by atoms with Gasteiger partial charge in [-0.2, -0.15) is 0 Å². The Morgan fingerprint density at radius 1 is 0.344 bits per heavy atom. The molecular formula is C32H26. The molecule has 0 nitrogen and oxygen atoms in total. The van der Waals surface area contributed by atoms with Crippen molar-refractivity contribution in [2.45, 2.75) is 12.8 Å². The minimum Gasteiger partial charge on any atom is -0.0622 e. The average molecular weight is 411 g/mol. The zero-order chi connectivity index (χ0) is 21.8. The first kappa shape index (κ1) is 20.0. The van der Waals surface area contributed by atoms with E-state index < -0.39 is 0 Å². The van der Waals surface area contributed by atoms with Gasteiger partial charge in [-0.3, -0.25) is 0 Å². The van der Waals surface area contributed by atoms with Crippen molar-refractivity contribution in [3.8, 4) is 33.4 Å². The van der Waals surface area contributed by atoms with Gasteiger partial charge in [0.2, 0.25) is 0 Å². The second-order valence-electron chi connectivity index (χ2n) is 8.29. The van der Waals surface area contributed by atoms with Gasteiger partial charge in [0.1, 0.15) is 0 Å². The first-order chi connectivity index (χ1) is 15.8. The molecule has 0 saturated carbocycles. The van der Waals surface area contributed by atoms with E-state index >= 15 is 0 Å². The molecule has 0 aliphatic heterocycles. The molecule has 1 atom stereocenters. The Labute approximate surface area is 190 Å². The highest BCUT2D eigenvalue weighted by atomic mass is 14.2. The minimum atomic E-state index is 0.297. The average Bonchev–Trinajstić information content (AvgIpc) is 2.89. The third-order valence-corrected chi connectivity index (χ3v) is 6.19. The van der Waals surface area contributed by atoms with Crippen molar-refractivity contribution in [1.29, 1.82) is 0 Å². The van der Waals surface area contributed by atoms with Gasteiger partial charge in [-0.05, 0) is 50.6 Å². The van der Waals surface area contributed by atoms with Crippen LogP contribution in [-0.2, 0) is 0 Å². The van der Waals surface area contributed by atoms with Crippen LogP contribution in [0.3, 0.4) is 0 Å². The largest absolute Gasteiger partial charge is 0.0622 e. The highest BCUT2D eigenvalue weighted by molar-refractivity contribution is 5.74. The molecule has 0 bridgehead atoms. The highest BCUT2D eigenvalue weighted by Gasteiger charge is 2.13. The highest BCUT2D eigenvalue weighted by Crippen LogP contribution is 2.34. The molecule has 5 aromatic carbocycles. The zero-order valence-electron chi connectivity index (χ0n) is 18.3. The predicted molar refractivity (Wildman–Crippen MR) is 137 cm³/mol. The lowest BCUT2D eigenvalue weighted by Gasteiger charge is -2.17. The van der Waals surface area contributed by atoms with Crippen LogP contribution >= 0.6 is 0 Å². The summed E-state index contributed by atoms with van der Waals surface area (Å²) in [7, 11) is 0. The molecule has 0 spiro atoms. The summed E-state index contributed by atoms with van der Waals surface area (Å²) in [4.78, 5) is 0. The Hall–Kier alpha value is -3.90. The maximum atomic E-state index is 2.34. The lowest BCUT2D eigenvalue weighted by molar-refractivity contribution is 0.923. The molecule has 1 unspecified atom stereocenters. The molecule has 0 aliphatic carbocycles. The summed E-state index contributed by atoms with van der Waals surface area (Å²) >= 11 is 0. The van der Waals surface area contributed by atoms with Crippen LogP contribution in [0.4, 0.5) is 0 Å². The number of hydrogen-bond acceptors (Lipinski definition) is 0. The third-order valence-electron chi connectivity index (χ3n) is 6.19. The van der Waals surface area contributed by atoms with Crippen LogP contribution < -0.4 is 0 Å². The van der Waals surface area contributed by atoms with Gasteiger partial charge >= 0.3 is 0 Å². The van der Waals surface area contributed by atoms with Crippen LogP contribution in [0.25, 0.3) is 33.4 Å². The van der Waals surface area contributed by atoms with E-state index in [2.05, 4.69) is 140 Å². The molecule has 5 aromatic rings. The SMILES string of the molecule is CC(c1ccc(-c2ccccc2)cc1)c1cc(-c2ccccc2)cc(-c2ccccc2)c1. The van der Waals surface area contributed by atoms with Gasteiger partial charge in [-0.1, -0.05) is 134 Å². The fourth-order valence-corrected chi connectivity index (χ4v) is 4.28. The van der Waals surface area contributed by atoms with Crippen molar-refractivity contribution >= 4 is 0 Å². The quantitative estimate of drug-likeness (QED) is 0.271. The van der Waals surface area contributed by atoms with Gasteiger partial charge in [0.05, 0.1) is 0 Å². The van der Waals surface area contributed by atoms with Crippen LogP contribution in [0.1, 0.15) is 24.0 Å². The van der Waals surface area contributed by atoms with E-state index in [1.54, 1.807) is 0 Å². The summed E-state index contributed by atoms with van der Waals surface area (Å²) in [5, 5.41) is 0. The molecule has 0 heterocycles. The van der Waals surface area contributed by atoms with E-state index in [0.29, 0.717) is 5.92 Å².